The van der Waals surface area contributed by atoms with Gasteiger partial charge in [-0.25, -0.2) is 0 Å². The first-order valence-corrected chi connectivity index (χ1v) is 6.78. The lowest BCUT2D eigenvalue weighted by atomic mass is 10.2. The van der Waals surface area contributed by atoms with E-state index in [0.29, 0.717) is 6.61 Å². The van der Waals surface area contributed by atoms with Gasteiger partial charge in [-0.05, 0) is 17.3 Å². The summed E-state index contributed by atoms with van der Waals surface area (Å²) in [4.78, 5) is 21.9. The highest BCUT2D eigenvalue weighted by Gasteiger charge is 2.30. The van der Waals surface area contributed by atoms with Crippen molar-refractivity contribution < 1.29 is 14.3 Å². The topological polar surface area (TPSA) is 55.4 Å². The molecule has 0 aliphatic carbocycles. The van der Waals surface area contributed by atoms with Crippen LogP contribution in [0.1, 0.15) is 32.1 Å². The molecule has 0 aromatic heterocycles. The number of carbonyl (C=O) groups is 2. The largest absolute Gasteiger partial charge is 0.368 e. The molecule has 1 N–H and O–H groups in total. The minimum Gasteiger partial charge on any atom is -0.368 e. The molecule has 1 rings (SSSR count). The maximum Gasteiger partial charge on any atom is 0.256 e. The molecular weight excluding hydrogens is 309 g/mol. The van der Waals surface area contributed by atoms with Crippen molar-refractivity contribution in [1.82, 2.24) is 5.32 Å². The zero-order valence-corrected chi connectivity index (χ0v) is 10.8. The van der Waals surface area contributed by atoms with Crippen molar-refractivity contribution in [1.29, 1.82) is 0 Å². The number of hydrogen-bond donors (Lipinski definition) is 1. The first kappa shape index (κ1) is 12.9. The Morgan fingerprint density at radius 1 is 1.27 bits per heavy atom. The van der Waals surface area contributed by atoms with Crippen molar-refractivity contribution in [3.05, 3.63) is 0 Å². The molecule has 4 nitrogen and oxygen atoms in total. The lowest BCUT2D eigenvalue weighted by Crippen LogP contribution is -2.26. The van der Waals surface area contributed by atoms with Crippen molar-refractivity contribution in [2.45, 2.75) is 38.2 Å². The second-order valence-electron chi connectivity index (χ2n) is 3.58. The predicted molar refractivity (Wildman–Crippen MR) is 64.9 cm³/mol. The molecule has 0 aromatic carbocycles. The lowest BCUT2D eigenvalue weighted by molar-refractivity contribution is -0.129. The van der Waals surface area contributed by atoms with Gasteiger partial charge in [0.1, 0.15) is 6.10 Å². The summed E-state index contributed by atoms with van der Waals surface area (Å²) in [6.45, 7) is 0.576. The van der Waals surface area contributed by atoms with Gasteiger partial charge in [0, 0.05) is 6.61 Å². The smallest absolute Gasteiger partial charge is 0.256 e. The zero-order valence-electron chi connectivity index (χ0n) is 8.63. The minimum absolute atomic E-state index is 0.187. The summed E-state index contributed by atoms with van der Waals surface area (Å²) in [5.41, 5.74) is 0. The molecule has 0 bridgehead atoms. The molecule has 2 amide bonds. The number of ether oxygens (including phenoxy) is 1. The van der Waals surface area contributed by atoms with Gasteiger partial charge in [-0.3, -0.25) is 14.9 Å². The maximum atomic E-state index is 11.1. The van der Waals surface area contributed by atoms with Gasteiger partial charge in [0.2, 0.25) is 5.91 Å². The van der Waals surface area contributed by atoms with Gasteiger partial charge in [0.05, 0.1) is 6.42 Å². The van der Waals surface area contributed by atoms with Crippen LogP contribution < -0.4 is 5.32 Å². The summed E-state index contributed by atoms with van der Waals surface area (Å²) < 4.78 is 6.52. The standard InChI is InChI=1S/C10H16INO3/c11-5-3-1-2-4-6-15-8-7-9(13)12-10(8)14/h8H,1-7H2,(H,12,13,14). The molecule has 15 heavy (non-hydrogen) atoms. The molecule has 1 aliphatic rings. The molecule has 1 fully saturated rings. The van der Waals surface area contributed by atoms with Crippen molar-refractivity contribution in [2.75, 3.05) is 11.0 Å². The normalized spacial score (nSPS) is 20.7. The van der Waals surface area contributed by atoms with Crippen molar-refractivity contribution >= 4 is 34.4 Å². The third-order valence-electron chi connectivity index (χ3n) is 2.27. The molecule has 0 saturated carbocycles. The van der Waals surface area contributed by atoms with Crippen LogP contribution in [0, 0.1) is 0 Å². The number of amides is 2. The number of imide groups is 1. The number of nitrogens with one attached hydrogen (secondary N) is 1. The molecule has 0 spiro atoms. The summed E-state index contributed by atoms with van der Waals surface area (Å²) in [5, 5.41) is 2.22. The van der Waals surface area contributed by atoms with Crippen molar-refractivity contribution in [3.8, 4) is 0 Å². The Balaban J connectivity index is 2.00. The van der Waals surface area contributed by atoms with Crippen LogP contribution in [0.5, 0.6) is 0 Å². The maximum absolute atomic E-state index is 11.1. The van der Waals surface area contributed by atoms with Crippen LogP contribution in [0.4, 0.5) is 0 Å². The van der Waals surface area contributed by atoms with Crippen LogP contribution in [0.15, 0.2) is 0 Å². The van der Waals surface area contributed by atoms with Crippen LogP contribution in [0.25, 0.3) is 0 Å². The Kier molecular flexibility index (Phi) is 6.16. The summed E-state index contributed by atoms with van der Waals surface area (Å²) in [6.07, 6.45) is 4.19. The Labute approximate surface area is 103 Å². The quantitative estimate of drug-likeness (QED) is 0.333. The van der Waals surface area contributed by atoms with E-state index in [9.17, 15) is 9.59 Å². The van der Waals surface area contributed by atoms with Crippen LogP contribution in [0.3, 0.4) is 0 Å². The molecule has 1 atom stereocenters. The van der Waals surface area contributed by atoms with Gasteiger partial charge in [-0.1, -0.05) is 35.4 Å². The van der Waals surface area contributed by atoms with Crippen molar-refractivity contribution in [2.24, 2.45) is 0 Å². The van der Waals surface area contributed by atoms with E-state index in [1.807, 2.05) is 0 Å². The number of hydrogen-bond acceptors (Lipinski definition) is 3. The number of alkyl halides is 1. The van der Waals surface area contributed by atoms with E-state index < -0.39 is 6.10 Å². The predicted octanol–water partition coefficient (Wildman–Crippen LogP) is 1.41. The van der Waals surface area contributed by atoms with Gasteiger partial charge in [-0.15, -0.1) is 0 Å². The van der Waals surface area contributed by atoms with Crippen LogP contribution in [-0.4, -0.2) is 29.0 Å². The molecule has 86 valence electrons. The third-order valence-corrected chi connectivity index (χ3v) is 3.04. The number of rotatable bonds is 7. The van der Waals surface area contributed by atoms with E-state index in [2.05, 4.69) is 27.9 Å². The number of carbonyl (C=O) groups excluding carboxylic acids is 2. The SMILES string of the molecule is O=C1CC(OCCCCCCI)C(=O)N1. The summed E-state index contributed by atoms with van der Waals surface area (Å²) in [7, 11) is 0. The fourth-order valence-electron chi connectivity index (χ4n) is 1.44. The minimum atomic E-state index is -0.540. The lowest BCUT2D eigenvalue weighted by Gasteiger charge is -2.07. The van der Waals surface area contributed by atoms with Gasteiger partial charge in [-0.2, -0.15) is 0 Å². The van der Waals surface area contributed by atoms with Gasteiger partial charge in [0.15, 0.2) is 0 Å². The Morgan fingerprint density at radius 3 is 2.60 bits per heavy atom. The highest BCUT2D eigenvalue weighted by atomic mass is 127. The molecule has 1 saturated heterocycles. The monoisotopic (exact) mass is 325 g/mol. The molecule has 1 heterocycles. The van der Waals surface area contributed by atoms with Crippen LogP contribution >= 0.6 is 22.6 Å². The molecule has 1 unspecified atom stereocenters. The Bertz CT molecular complexity index is 233. The molecule has 0 radical (unpaired) electrons. The average molecular weight is 325 g/mol. The van der Waals surface area contributed by atoms with E-state index >= 15 is 0 Å². The highest BCUT2D eigenvalue weighted by Crippen LogP contribution is 2.08. The highest BCUT2D eigenvalue weighted by molar-refractivity contribution is 14.1. The summed E-state index contributed by atoms with van der Waals surface area (Å²) in [6, 6.07) is 0. The van der Waals surface area contributed by atoms with Crippen molar-refractivity contribution in [3.63, 3.8) is 0 Å². The van der Waals surface area contributed by atoms with Crippen LogP contribution in [-0.2, 0) is 14.3 Å². The van der Waals surface area contributed by atoms with Gasteiger partial charge in [0.25, 0.3) is 5.91 Å². The molecule has 1 aliphatic heterocycles. The fraction of sp³-hybridized carbons (Fsp3) is 0.800. The van der Waals surface area contributed by atoms with E-state index in [4.69, 9.17) is 4.74 Å². The Morgan fingerprint density at radius 2 is 2.00 bits per heavy atom. The number of unbranched alkanes of at least 4 members (excludes halogenated alkanes) is 3. The number of halogens is 1. The zero-order chi connectivity index (χ0) is 11.1. The van der Waals surface area contributed by atoms with Gasteiger partial charge >= 0.3 is 0 Å². The fourth-order valence-corrected chi connectivity index (χ4v) is 1.98. The van der Waals surface area contributed by atoms with E-state index in [1.165, 1.54) is 17.3 Å². The van der Waals surface area contributed by atoms with E-state index in [1.54, 1.807) is 0 Å². The molecular formula is C10H16INO3. The second-order valence-corrected chi connectivity index (χ2v) is 4.66. The molecule has 0 aromatic rings. The third kappa shape index (κ3) is 4.92. The molecule has 5 heteroatoms. The van der Waals surface area contributed by atoms with Crippen LogP contribution in [0.2, 0.25) is 0 Å². The summed E-state index contributed by atoms with van der Waals surface area (Å²) >= 11 is 2.36. The van der Waals surface area contributed by atoms with E-state index in [-0.39, 0.29) is 18.2 Å². The first-order chi connectivity index (χ1) is 7.24. The Hall–Kier alpha value is -0.170. The van der Waals surface area contributed by atoms with Gasteiger partial charge < -0.3 is 4.74 Å². The first-order valence-electron chi connectivity index (χ1n) is 5.25. The average Bonchev–Trinajstić information content (AvgIpc) is 2.51. The summed E-state index contributed by atoms with van der Waals surface area (Å²) in [5.74, 6) is -0.512. The second kappa shape index (κ2) is 7.16. The van der Waals surface area contributed by atoms with E-state index in [0.717, 1.165) is 12.8 Å².